The van der Waals surface area contributed by atoms with Gasteiger partial charge in [0.25, 0.3) is 0 Å². The number of nitrogens with zero attached hydrogens (tertiary/aromatic N) is 1. The monoisotopic (exact) mass is 470 g/mol. The van der Waals surface area contributed by atoms with E-state index in [2.05, 4.69) is 15.3 Å². The number of fused-ring (bicyclic) bond motifs is 1. The number of hydrogen-bond donors (Lipinski definition) is 3. The van der Waals surface area contributed by atoms with Gasteiger partial charge in [-0.25, -0.2) is 0 Å². The third-order valence-electron chi connectivity index (χ3n) is 5.80. The first kappa shape index (κ1) is 23.5. The van der Waals surface area contributed by atoms with Crippen LogP contribution in [-0.2, 0) is 6.42 Å². The second kappa shape index (κ2) is 11.0. The van der Waals surface area contributed by atoms with E-state index in [1.54, 1.807) is 19.5 Å². The first-order valence-electron chi connectivity index (χ1n) is 11.1. The fourth-order valence-corrected chi connectivity index (χ4v) is 4.16. The largest absolute Gasteiger partial charge is 0.404 e. The number of H-pyrrole nitrogens is 1. The molecule has 3 aromatic carbocycles. The van der Waals surface area contributed by atoms with Gasteiger partial charge in [0.15, 0.2) is 5.78 Å². The topological polar surface area (TPSA) is 83.3 Å². The van der Waals surface area contributed by atoms with Crippen molar-refractivity contribution in [3.8, 4) is 0 Å². The number of nitrogens with one attached hydrogen (secondary N) is 2. The summed E-state index contributed by atoms with van der Waals surface area (Å²) < 4.78 is 0. The molecule has 4 aromatic rings. The second-order valence-electron chi connectivity index (χ2n) is 8.01. The Morgan fingerprint density at radius 2 is 1.88 bits per heavy atom. The number of rotatable bonds is 9. The van der Waals surface area contributed by atoms with Gasteiger partial charge in [0.05, 0.1) is 6.04 Å². The van der Waals surface area contributed by atoms with E-state index in [0.717, 1.165) is 39.6 Å². The van der Waals surface area contributed by atoms with E-state index in [9.17, 15) is 4.79 Å². The Bertz CT molecular complexity index is 1320. The lowest BCUT2D eigenvalue weighted by molar-refractivity contribution is 0.0945. The highest BCUT2D eigenvalue weighted by atomic mass is 35.5. The molecule has 34 heavy (non-hydrogen) atoms. The predicted octanol–water partition coefficient (Wildman–Crippen LogP) is 5.58. The highest BCUT2D eigenvalue weighted by molar-refractivity contribution is 6.30. The van der Waals surface area contributed by atoms with Crippen molar-refractivity contribution in [1.82, 2.24) is 10.3 Å². The molecule has 0 aliphatic rings. The fraction of sp³-hybridized carbons (Fsp3) is 0.143. The summed E-state index contributed by atoms with van der Waals surface area (Å²) in [5.41, 5.74) is 11.1. The zero-order valence-electron chi connectivity index (χ0n) is 19.0. The summed E-state index contributed by atoms with van der Waals surface area (Å²) in [6, 6.07) is 23.0. The van der Waals surface area contributed by atoms with E-state index >= 15 is 0 Å². The van der Waals surface area contributed by atoms with Gasteiger partial charge in [-0.1, -0.05) is 66.2 Å². The number of nitrogens with two attached hydrogens (primary N) is 1. The second-order valence-corrected chi connectivity index (χ2v) is 8.45. The van der Waals surface area contributed by atoms with Crippen molar-refractivity contribution in [2.24, 2.45) is 10.7 Å². The Morgan fingerprint density at radius 3 is 2.59 bits per heavy atom. The SMILES string of the molecule is CN=CC(=CN)c1ccc2c(C(=O)[C@@H](NCCc3ccc(Cl)cc3)c3ccccc3)c[nH]c2c1. The lowest BCUT2D eigenvalue weighted by Crippen LogP contribution is -2.30. The number of carbonyl (C=O) groups is 1. The minimum Gasteiger partial charge on any atom is -0.404 e. The quantitative estimate of drug-likeness (QED) is 0.220. The Labute approximate surface area is 204 Å². The van der Waals surface area contributed by atoms with E-state index in [-0.39, 0.29) is 5.78 Å². The van der Waals surface area contributed by atoms with Crippen LogP contribution in [0.15, 0.2) is 90.2 Å². The minimum absolute atomic E-state index is 0.0195. The van der Waals surface area contributed by atoms with Gasteiger partial charge in [-0.15, -0.1) is 0 Å². The van der Waals surface area contributed by atoms with Crippen molar-refractivity contribution >= 4 is 40.1 Å². The molecular weight excluding hydrogens is 444 g/mol. The maximum Gasteiger partial charge on any atom is 0.186 e. The summed E-state index contributed by atoms with van der Waals surface area (Å²) >= 11 is 5.99. The van der Waals surface area contributed by atoms with E-state index in [1.807, 2.05) is 72.8 Å². The van der Waals surface area contributed by atoms with Crippen molar-refractivity contribution in [2.75, 3.05) is 13.6 Å². The smallest absolute Gasteiger partial charge is 0.186 e. The molecule has 1 aromatic heterocycles. The molecule has 5 nitrogen and oxygen atoms in total. The Hall–Kier alpha value is -3.67. The number of halogens is 1. The van der Waals surface area contributed by atoms with E-state index in [4.69, 9.17) is 17.3 Å². The van der Waals surface area contributed by atoms with E-state index in [0.29, 0.717) is 17.1 Å². The number of aliphatic imine (C=N–C) groups is 1. The van der Waals surface area contributed by atoms with Crippen molar-refractivity contribution in [1.29, 1.82) is 0 Å². The lowest BCUT2D eigenvalue weighted by atomic mass is 9.96. The standard InChI is InChI=1S/C28H27ClN4O/c1-31-17-22(16-30)21-9-12-24-25(18-33-26(24)15-21)28(34)27(20-5-3-2-4-6-20)32-14-13-19-7-10-23(29)11-8-19/h2-12,15-18,27,32-33H,13-14,30H2,1H3/t27-/m0/s1. The maximum atomic E-state index is 13.7. The van der Waals surface area contributed by atoms with Gasteiger partial charge in [0, 0.05) is 59.3 Å². The number of Topliss-reactive ketones (excluding diaryl/α,β-unsaturated/α-hetero) is 1. The van der Waals surface area contributed by atoms with E-state index < -0.39 is 6.04 Å². The highest BCUT2D eigenvalue weighted by Crippen LogP contribution is 2.27. The normalized spacial score (nSPS) is 12.9. The molecule has 0 unspecified atom stereocenters. The molecule has 0 fully saturated rings. The van der Waals surface area contributed by atoms with Crippen LogP contribution in [0.5, 0.6) is 0 Å². The number of carbonyl (C=O) groups excluding carboxylic acids is 1. The molecule has 0 radical (unpaired) electrons. The molecule has 0 amide bonds. The van der Waals surface area contributed by atoms with Gasteiger partial charge >= 0.3 is 0 Å². The lowest BCUT2D eigenvalue weighted by Gasteiger charge is -2.18. The maximum absolute atomic E-state index is 13.7. The van der Waals surface area contributed by atoms with Gasteiger partial charge in [0.1, 0.15) is 0 Å². The molecule has 0 saturated carbocycles. The summed E-state index contributed by atoms with van der Waals surface area (Å²) in [6.45, 7) is 0.653. The van der Waals surface area contributed by atoms with E-state index in [1.165, 1.54) is 6.20 Å². The number of allylic oxidation sites excluding steroid dienone is 1. The van der Waals surface area contributed by atoms with Crippen LogP contribution in [-0.4, -0.2) is 30.6 Å². The zero-order valence-corrected chi connectivity index (χ0v) is 19.7. The molecule has 0 saturated heterocycles. The van der Waals surface area contributed by atoms with Crippen molar-refractivity contribution < 1.29 is 4.79 Å². The van der Waals surface area contributed by atoms with Crippen LogP contribution in [0.1, 0.15) is 33.1 Å². The van der Waals surface area contributed by atoms with Crippen LogP contribution in [0.2, 0.25) is 5.02 Å². The molecule has 4 N–H and O–H groups in total. The molecule has 1 atom stereocenters. The molecule has 0 spiro atoms. The predicted molar refractivity (Wildman–Crippen MR) is 142 cm³/mol. The molecule has 0 aliphatic carbocycles. The Morgan fingerprint density at radius 1 is 1.12 bits per heavy atom. The Kier molecular flexibility index (Phi) is 7.58. The zero-order chi connectivity index (χ0) is 23.9. The molecular formula is C28H27ClN4O. The average molecular weight is 471 g/mol. The van der Waals surface area contributed by atoms with Crippen LogP contribution in [0.25, 0.3) is 16.5 Å². The van der Waals surface area contributed by atoms with Crippen molar-refractivity contribution in [2.45, 2.75) is 12.5 Å². The summed E-state index contributed by atoms with van der Waals surface area (Å²) in [5, 5.41) is 5.06. The van der Waals surface area contributed by atoms with Gasteiger partial charge in [-0.3, -0.25) is 9.79 Å². The average Bonchev–Trinajstić information content (AvgIpc) is 3.30. The Balaban J connectivity index is 1.60. The molecule has 0 aliphatic heterocycles. The first-order chi connectivity index (χ1) is 16.6. The van der Waals surface area contributed by atoms with Crippen LogP contribution in [0.4, 0.5) is 0 Å². The third-order valence-corrected chi connectivity index (χ3v) is 6.05. The fourth-order valence-electron chi connectivity index (χ4n) is 4.04. The minimum atomic E-state index is -0.459. The number of ketones is 1. The molecule has 1 heterocycles. The summed E-state index contributed by atoms with van der Waals surface area (Å²) in [4.78, 5) is 21.0. The number of aromatic nitrogens is 1. The van der Waals surface area contributed by atoms with Crippen molar-refractivity contribution in [3.05, 3.63) is 112 Å². The van der Waals surface area contributed by atoms with Gasteiger partial charge < -0.3 is 16.0 Å². The number of benzene rings is 3. The van der Waals surface area contributed by atoms with Gasteiger partial charge in [-0.05, 0) is 41.3 Å². The summed E-state index contributed by atoms with van der Waals surface area (Å²) in [5.74, 6) is 0.0195. The summed E-state index contributed by atoms with van der Waals surface area (Å²) in [7, 11) is 1.71. The third kappa shape index (κ3) is 5.28. The van der Waals surface area contributed by atoms with Crippen LogP contribution < -0.4 is 11.1 Å². The molecule has 172 valence electrons. The molecule has 6 heteroatoms. The number of aromatic amines is 1. The molecule has 0 bridgehead atoms. The van der Waals surface area contributed by atoms with Crippen LogP contribution in [0, 0.1) is 0 Å². The van der Waals surface area contributed by atoms with Gasteiger partial charge in [-0.2, -0.15) is 0 Å². The van der Waals surface area contributed by atoms with Gasteiger partial charge in [0.2, 0.25) is 0 Å². The molecule has 4 rings (SSSR count). The van der Waals surface area contributed by atoms with Crippen molar-refractivity contribution in [3.63, 3.8) is 0 Å². The summed E-state index contributed by atoms with van der Waals surface area (Å²) in [6.07, 6.45) is 5.82. The first-order valence-corrected chi connectivity index (χ1v) is 11.5. The van der Waals surface area contributed by atoms with Crippen LogP contribution in [0.3, 0.4) is 0 Å². The highest BCUT2D eigenvalue weighted by Gasteiger charge is 2.24. The number of hydrogen-bond acceptors (Lipinski definition) is 4. The van der Waals surface area contributed by atoms with Crippen LogP contribution >= 0.6 is 11.6 Å².